The van der Waals surface area contributed by atoms with Gasteiger partial charge in [0.25, 0.3) is 5.91 Å². The highest BCUT2D eigenvalue weighted by Gasteiger charge is 2.23. The number of carbonyl (C=O) groups is 2. The van der Waals surface area contributed by atoms with Crippen molar-refractivity contribution < 1.29 is 23.5 Å². The maximum atomic E-state index is 12.7. The summed E-state index contributed by atoms with van der Waals surface area (Å²) in [5.41, 5.74) is 3.58. The molecule has 1 atom stereocenters. The lowest BCUT2D eigenvalue weighted by molar-refractivity contribution is -0.123. The molecular weight excluding hydrogens is 384 g/mol. The van der Waals surface area contributed by atoms with Crippen LogP contribution in [-0.2, 0) is 16.1 Å². The van der Waals surface area contributed by atoms with Crippen LogP contribution in [0.25, 0.3) is 0 Å². The maximum absolute atomic E-state index is 12.7. The predicted octanol–water partition coefficient (Wildman–Crippen LogP) is 4.25. The summed E-state index contributed by atoms with van der Waals surface area (Å²) < 4.78 is 18.1. The summed E-state index contributed by atoms with van der Waals surface area (Å²) in [6.45, 7) is 7.72. The van der Waals surface area contributed by atoms with Crippen molar-refractivity contribution in [3.63, 3.8) is 0 Å². The number of hydrogen-bond donors (Lipinski definition) is 1. The summed E-state index contributed by atoms with van der Waals surface area (Å²) in [5, 5.41) is 2.76. The minimum absolute atomic E-state index is 0.423. The van der Waals surface area contributed by atoms with Crippen LogP contribution in [0.3, 0.4) is 0 Å². The van der Waals surface area contributed by atoms with E-state index in [1.54, 1.807) is 24.5 Å². The minimum Gasteiger partial charge on any atom is -0.495 e. The van der Waals surface area contributed by atoms with Crippen LogP contribution in [0.4, 0.5) is 5.69 Å². The molecule has 158 valence electrons. The quantitative estimate of drug-likeness (QED) is 0.589. The van der Waals surface area contributed by atoms with Gasteiger partial charge in [-0.2, -0.15) is 0 Å². The number of ether oxygens (including phenoxy) is 2. The van der Waals surface area contributed by atoms with E-state index in [2.05, 4.69) is 5.32 Å². The van der Waals surface area contributed by atoms with Crippen LogP contribution in [-0.4, -0.2) is 29.7 Å². The number of aryl methyl sites for hydroxylation is 2. The number of amides is 1. The Hall–Kier alpha value is -3.48. The number of methoxy groups -OCH3 is 1. The average molecular weight is 410 g/mol. The smallest absolute Gasteiger partial charge is 0.340 e. The summed E-state index contributed by atoms with van der Waals surface area (Å²) in [4.78, 5) is 25.3. The molecule has 0 fully saturated rings. The number of rotatable bonds is 7. The lowest BCUT2D eigenvalue weighted by Gasteiger charge is -2.16. The lowest BCUT2D eigenvalue weighted by Crippen LogP contribution is -2.30. The van der Waals surface area contributed by atoms with Crippen molar-refractivity contribution in [2.45, 2.75) is 40.3 Å². The molecule has 1 N–H and O–H groups in total. The zero-order chi connectivity index (χ0) is 21.8. The van der Waals surface area contributed by atoms with E-state index in [-0.39, 0.29) is 0 Å². The molecule has 0 aliphatic carbocycles. The zero-order valence-electron chi connectivity index (χ0n) is 17.8. The van der Waals surface area contributed by atoms with E-state index >= 15 is 0 Å². The summed E-state index contributed by atoms with van der Waals surface area (Å²) >= 11 is 0. The van der Waals surface area contributed by atoms with Crippen molar-refractivity contribution in [1.29, 1.82) is 0 Å². The highest BCUT2D eigenvalue weighted by atomic mass is 16.5. The van der Waals surface area contributed by atoms with E-state index in [0.717, 1.165) is 22.7 Å². The molecule has 0 saturated heterocycles. The molecule has 1 aromatic carbocycles. The van der Waals surface area contributed by atoms with Crippen molar-refractivity contribution in [2.24, 2.45) is 0 Å². The Morgan fingerprint density at radius 3 is 2.60 bits per heavy atom. The number of anilines is 1. The van der Waals surface area contributed by atoms with Crippen molar-refractivity contribution >= 4 is 17.6 Å². The first-order valence-electron chi connectivity index (χ1n) is 9.65. The molecule has 30 heavy (non-hydrogen) atoms. The fourth-order valence-electron chi connectivity index (χ4n) is 3.24. The summed E-state index contributed by atoms with van der Waals surface area (Å²) in [6.07, 6.45) is 0.637. The Balaban J connectivity index is 1.70. The third-order valence-corrected chi connectivity index (χ3v) is 4.95. The Morgan fingerprint density at radius 1 is 1.17 bits per heavy atom. The normalized spacial score (nSPS) is 11.8. The number of esters is 1. The van der Waals surface area contributed by atoms with Crippen LogP contribution < -0.4 is 10.1 Å². The molecule has 0 unspecified atom stereocenters. The van der Waals surface area contributed by atoms with Crippen LogP contribution in [0.15, 0.2) is 47.1 Å². The number of benzene rings is 1. The van der Waals surface area contributed by atoms with E-state index in [1.807, 2.05) is 43.5 Å². The van der Waals surface area contributed by atoms with E-state index < -0.39 is 18.0 Å². The third kappa shape index (κ3) is 4.56. The van der Waals surface area contributed by atoms with E-state index in [9.17, 15) is 9.59 Å². The van der Waals surface area contributed by atoms with Gasteiger partial charge in [0, 0.05) is 11.4 Å². The van der Waals surface area contributed by atoms with Gasteiger partial charge in [0.15, 0.2) is 6.10 Å². The monoisotopic (exact) mass is 410 g/mol. The Kier molecular flexibility index (Phi) is 6.30. The molecule has 3 rings (SSSR count). The second-order valence-corrected chi connectivity index (χ2v) is 7.19. The van der Waals surface area contributed by atoms with Crippen molar-refractivity contribution in [2.75, 3.05) is 12.4 Å². The molecule has 0 spiro atoms. The molecular formula is C23H26N2O5. The molecule has 7 nitrogen and oxygen atoms in total. The summed E-state index contributed by atoms with van der Waals surface area (Å²) in [6, 6.07) is 10.9. The van der Waals surface area contributed by atoms with Crippen LogP contribution in [0.1, 0.15) is 40.0 Å². The fourth-order valence-corrected chi connectivity index (χ4v) is 3.24. The van der Waals surface area contributed by atoms with E-state index in [1.165, 1.54) is 14.0 Å². The molecule has 0 bridgehead atoms. The van der Waals surface area contributed by atoms with Gasteiger partial charge in [-0.05, 0) is 63.6 Å². The number of nitrogens with one attached hydrogen (secondary N) is 1. The zero-order valence-corrected chi connectivity index (χ0v) is 17.8. The molecule has 2 heterocycles. The largest absolute Gasteiger partial charge is 0.495 e. The van der Waals surface area contributed by atoms with Crippen molar-refractivity contribution in [3.8, 4) is 5.75 Å². The van der Waals surface area contributed by atoms with E-state index in [0.29, 0.717) is 23.5 Å². The minimum atomic E-state index is -0.976. The van der Waals surface area contributed by atoms with Crippen LogP contribution in [0, 0.1) is 20.8 Å². The molecule has 2 aromatic heterocycles. The predicted molar refractivity (Wildman–Crippen MR) is 113 cm³/mol. The highest BCUT2D eigenvalue weighted by Crippen LogP contribution is 2.25. The first kappa shape index (κ1) is 21.2. The summed E-state index contributed by atoms with van der Waals surface area (Å²) in [7, 11) is 1.53. The second-order valence-electron chi connectivity index (χ2n) is 7.19. The standard InChI is InChI=1S/C23H26N2O5/c1-14-8-9-21(28-5)20(11-14)24-22(26)17(4)30-23(27)19-12-15(2)25(16(19)3)13-18-7-6-10-29-18/h6-12,17H,13H2,1-5H3,(H,24,26)/t17-/m0/s1. The fraction of sp³-hybridized carbons (Fsp3) is 0.304. The number of furan rings is 1. The number of carbonyl (C=O) groups excluding carboxylic acids is 2. The third-order valence-electron chi connectivity index (χ3n) is 4.95. The van der Waals surface area contributed by atoms with Crippen LogP contribution in [0.2, 0.25) is 0 Å². The lowest BCUT2D eigenvalue weighted by atomic mass is 10.2. The second kappa shape index (κ2) is 8.90. The molecule has 3 aromatic rings. The topological polar surface area (TPSA) is 82.7 Å². The molecule has 0 aliphatic rings. The van der Waals surface area contributed by atoms with Gasteiger partial charge in [-0.1, -0.05) is 6.07 Å². The SMILES string of the molecule is COc1ccc(C)cc1NC(=O)[C@H](C)OC(=O)c1cc(C)n(Cc2ccco2)c1C. The average Bonchev–Trinajstić information content (AvgIpc) is 3.32. The van der Waals surface area contributed by atoms with Gasteiger partial charge in [-0.15, -0.1) is 0 Å². The van der Waals surface area contributed by atoms with Gasteiger partial charge in [0.1, 0.15) is 11.5 Å². The highest BCUT2D eigenvalue weighted by molar-refractivity contribution is 5.98. The van der Waals surface area contributed by atoms with Crippen molar-refractivity contribution in [1.82, 2.24) is 4.57 Å². The molecule has 0 aliphatic heterocycles. The van der Waals surface area contributed by atoms with Gasteiger partial charge in [0.2, 0.25) is 0 Å². The molecule has 0 radical (unpaired) electrons. The van der Waals surface area contributed by atoms with Crippen LogP contribution in [0.5, 0.6) is 5.75 Å². The summed E-state index contributed by atoms with van der Waals surface area (Å²) in [5.74, 6) is 0.342. The van der Waals surface area contributed by atoms with E-state index in [4.69, 9.17) is 13.9 Å². The first-order chi connectivity index (χ1) is 14.3. The number of aromatic nitrogens is 1. The Morgan fingerprint density at radius 2 is 1.93 bits per heavy atom. The molecule has 1 amide bonds. The first-order valence-corrected chi connectivity index (χ1v) is 9.65. The van der Waals surface area contributed by atoms with Gasteiger partial charge in [0.05, 0.1) is 31.2 Å². The van der Waals surface area contributed by atoms with Gasteiger partial charge < -0.3 is 23.8 Å². The van der Waals surface area contributed by atoms with Gasteiger partial charge in [-0.25, -0.2) is 4.79 Å². The Labute approximate surface area is 175 Å². The maximum Gasteiger partial charge on any atom is 0.340 e. The molecule has 0 saturated carbocycles. The number of nitrogens with zero attached hydrogens (tertiary/aromatic N) is 1. The van der Waals surface area contributed by atoms with Gasteiger partial charge in [-0.3, -0.25) is 4.79 Å². The van der Waals surface area contributed by atoms with Crippen LogP contribution >= 0.6 is 0 Å². The Bertz CT molecular complexity index is 1050. The molecule has 7 heteroatoms. The number of hydrogen-bond acceptors (Lipinski definition) is 5. The van der Waals surface area contributed by atoms with Crippen molar-refractivity contribution in [3.05, 3.63) is 70.9 Å². The van der Waals surface area contributed by atoms with Gasteiger partial charge >= 0.3 is 5.97 Å².